The predicted molar refractivity (Wildman–Crippen MR) is 80.7 cm³/mol. The van der Waals surface area contributed by atoms with E-state index in [1.54, 1.807) is 30.5 Å². The molecule has 2 heterocycles. The molecule has 3 aromatic rings. The summed E-state index contributed by atoms with van der Waals surface area (Å²) in [6, 6.07) is 12.1. The number of anilines is 2. The number of nitro benzene ring substituents is 1. The summed E-state index contributed by atoms with van der Waals surface area (Å²) in [4.78, 5) is 19.2. The van der Waals surface area contributed by atoms with E-state index in [-0.39, 0.29) is 5.69 Å². The predicted octanol–water partition coefficient (Wildman–Crippen LogP) is 3.59. The van der Waals surface area contributed by atoms with E-state index in [1.165, 1.54) is 6.07 Å². The maximum atomic E-state index is 11.0. The van der Waals surface area contributed by atoms with Gasteiger partial charge in [-0.05, 0) is 37.3 Å². The number of aromatic nitrogens is 2. The van der Waals surface area contributed by atoms with Crippen LogP contribution in [0.15, 0.2) is 48.7 Å². The zero-order valence-electron chi connectivity index (χ0n) is 11.3. The highest BCUT2D eigenvalue weighted by Gasteiger charge is 2.11. The van der Waals surface area contributed by atoms with Crippen molar-refractivity contribution in [1.29, 1.82) is 0 Å². The van der Waals surface area contributed by atoms with E-state index in [0.717, 1.165) is 11.4 Å². The molecule has 0 fully saturated rings. The third-order valence-corrected chi connectivity index (χ3v) is 3.09. The lowest BCUT2D eigenvalue weighted by molar-refractivity contribution is -0.383. The van der Waals surface area contributed by atoms with Crippen molar-refractivity contribution in [3.63, 3.8) is 0 Å². The largest absolute Gasteiger partial charge is 0.339 e. The molecule has 21 heavy (non-hydrogen) atoms. The van der Waals surface area contributed by atoms with Gasteiger partial charge in [-0.15, -0.1) is 0 Å². The molecule has 0 aliphatic rings. The molecule has 0 unspecified atom stereocenters. The van der Waals surface area contributed by atoms with E-state index >= 15 is 0 Å². The lowest BCUT2D eigenvalue weighted by Crippen LogP contribution is -1.96. The first-order valence-corrected chi connectivity index (χ1v) is 6.37. The van der Waals surface area contributed by atoms with Gasteiger partial charge in [-0.25, -0.2) is 4.98 Å². The Kier molecular flexibility index (Phi) is 3.19. The minimum Gasteiger partial charge on any atom is -0.339 e. The lowest BCUT2D eigenvalue weighted by atomic mass is 10.2. The third-order valence-electron chi connectivity index (χ3n) is 3.09. The molecule has 2 aromatic heterocycles. The quantitative estimate of drug-likeness (QED) is 0.585. The fraction of sp³-hybridized carbons (Fsp3) is 0.0667. The van der Waals surface area contributed by atoms with E-state index in [9.17, 15) is 10.1 Å². The Balaban J connectivity index is 1.98. The van der Waals surface area contributed by atoms with Crippen molar-refractivity contribution < 1.29 is 4.92 Å². The average molecular weight is 280 g/mol. The molecule has 3 rings (SSSR count). The Bertz CT molecular complexity index is 816. The van der Waals surface area contributed by atoms with Gasteiger partial charge in [0.25, 0.3) is 5.69 Å². The molecule has 1 N–H and O–H groups in total. The molecule has 0 aliphatic carbocycles. The summed E-state index contributed by atoms with van der Waals surface area (Å²) in [7, 11) is 0. The van der Waals surface area contributed by atoms with Crippen LogP contribution in [0.1, 0.15) is 5.69 Å². The normalized spacial score (nSPS) is 10.5. The molecule has 0 amide bonds. The van der Waals surface area contributed by atoms with Crippen molar-refractivity contribution in [3.8, 4) is 0 Å². The Morgan fingerprint density at radius 1 is 1.14 bits per heavy atom. The Hall–Kier alpha value is -3.02. The number of nitro groups is 1. The van der Waals surface area contributed by atoms with Gasteiger partial charge >= 0.3 is 0 Å². The molecule has 1 aromatic carbocycles. The van der Waals surface area contributed by atoms with Crippen molar-refractivity contribution >= 4 is 28.1 Å². The summed E-state index contributed by atoms with van der Waals surface area (Å²) in [5.74, 6) is 0.619. The molecular weight excluding hydrogens is 268 g/mol. The number of hydrogen-bond acceptors (Lipinski definition) is 5. The molecule has 0 radical (unpaired) electrons. The minimum atomic E-state index is -0.402. The number of rotatable bonds is 3. The van der Waals surface area contributed by atoms with Crippen molar-refractivity contribution in [3.05, 3.63) is 64.5 Å². The van der Waals surface area contributed by atoms with Gasteiger partial charge in [-0.2, -0.15) is 0 Å². The smallest absolute Gasteiger partial charge is 0.278 e. The fourth-order valence-corrected chi connectivity index (χ4v) is 2.06. The van der Waals surface area contributed by atoms with Gasteiger partial charge in [0.2, 0.25) is 0 Å². The Morgan fingerprint density at radius 3 is 2.71 bits per heavy atom. The second-order valence-corrected chi connectivity index (χ2v) is 4.61. The second-order valence-electron chi connectivity index (χ2n) is 4.61. The highest BCUT2D eigenvalue weighted by atomic mass is 16.6. The van der Waals surface area contributed by atoms with Crippen molar-refractivity contribution in [2.45, 2.75) is 6.92 Å². The number of benzene rings is 1. The van der Waals surface area contributed by atoms with E-state index in [1.807, 2.05) is 19.1 Å². The van der Waals surface area contributed by atoms with Crippen LogP contribution in [0, 0.1) is 17.0 Å². The highest BCUT2D eigenvalue weighted by molar-refractivity contribution is 5.89. The highest BCUT2D eigenvalue weighted by Crippen LogP contribution is 2.26. The first kappa shape index (κ1) is 13.0. The summed E-state index contributed by atoms with van der Waals surface area (Å²) >= 11 is 0. The van der Waals surface area contributed by atoms with Crippen LogP contribution < -0.4 is 5.32 Å². The zero-order chi connectivity index (χ0) is 14.8. The third kappa shape index (κ3) is 2.64. The van der Waals surface area contributed by atoms with E-state index in [2.05, 4.69) is 15.3 Å². The van der Waals surface area contributed by atoms with E-state index in [0.29, 0.717) is 16.7 Å². The summed E-state index contributed by atoms with van der Waals surface area (Å²) in [5.41, 5.74) is 2.39. The minimum absolute atomic E-state index is 0.0588. The van der Waals surface area contributed by atoms with Crippen LogP contribution in [0.4, 0.5) is 17.2 Å². The number of fused-ring (bicyclic) bond motifs is 1. The van der Waals surface area contributed by atoms with Gasteiger partial charge in [0, 0.05) is 11.8 Å². The molecule has 104 valence electrons. The first-order valence-electron chi connectivity index (χ1n) is 6.37. The van der Waals surface area contributed by atoms with Crippen molar-refractivity contribution in [1.82, 2.24) is 9.97 Å². The molecule has 0 spiro atoms. The second kappa shape index (κ2) is 5.16. The zero-order valence-corrected chi connectivity index (χ0v) is 11.3. The van der Waals surface area contributed by atoms with Gasteiger partial charge in [0.1, 0.15) is 5.82 Å². The van der Waals surface area contributed by atoms with Crippen LogP contribution in [-0.4, -0.2) is 14.9 Å². The molecule has 6 nitrogen and oxygen atoms in total. The number of nitrogens with zero attached hydrogens (tertiary/aromatic N) is 3. The van der Waals surface area contributed by atoms with Crippen LogP contribution in [-0.2, 0) is 0 Å². The molecular formula is C15H12N4O2. The van der Waals surface area contributed by atoms with Gasteiger partial charge in [-0.1, -0.05) is 6.07 Å². The number of pyridine rings is 2. The number of non-ortho nitro benzene ring substituents is 1. The van der Waals surface area contributed by atoms with Crippen LogP contribution in [0.25, 0.3) is 10.9 Å². The first-order chi connectivity index (χ1) is 10.1. The van der Waals surface area contributed by atoms with Crippen LogP contribution in [0.2, 0.25) is 0 Å². The van der Waals surface area contributed by atoms with Gasteiger partial charge in [0.05, 0.1) is 27.7 Å². The topological polar surface area (TPSA) is 81.0 Å². The molecule has 0 atom stereocenters. The Morgan fingerprint density at radius 2 is 2.00 bits per heavy atom. The van der Waals surface area contributed by atoms with Crippen molar-refractivity contribution in [2.24, 2.45) is 0 Å². The maximum Gasteiger partial charge on any atom is 0.278 e. The molecule has 0 bridgehead atoms. The molecule has 0 saturated carbocycles. The molecule has 0 aliphatic heterocycles. The average Bonchev–Trinajstić information content (AvgIpc) is 2.48. The summed E-state index contributed by atoms with van der Waals surface area (Å²) in [6.07, 6.45) is 1.72. The monoisotopic (exact) mass is 280 g/mol. The SMILES string of the molecule is Cc1ccc(Nc2ccc3c([N+](=O)[O-])cccc3n2)cn1. The molecule has 0 saturated heterocycles. The number of aryl methyl sites for hydroxylation is 1. The van der Waals surface area contributed by atoms with Crippen LogP contribution in [0.5, 0.6) is 0 Å². The number of hydrogen-bond donors (Lipinski definition) is 1. The van der Waals surface area contributed by atoms with E-state index in [4.69, 9.17) is 0 Å². The van der Waals surface area contributed by atoms with Gasteiger partial charge in [0.15, 0.2) is 0 Å². The molecule has 6 heteroatoms. The van der Waals surface area contributed by atoms with Crippen molar-refractivity contribution in [2.75, 3.05) is 5.32 Å². The fourth-order valence-electron chi connectivity index (χ4n) is 2.06. The summed E-state index contributed by atoms with van der Waals surface area (Å²) < 4.78 is 0. The van der Waals surface area contributed by atoms with Crippen LogP contribution in [0.3, 0.4) is 0 Å². The van der Waals surface area contributed by atoms with E-state index < -0.39 is 4.92 Å². The maximum absolute atomic E-state index is 11.0. The summed E-state index contributed by atoms with van der Waals surface area (Å²) in [5, 5.41) is 14.6. The Labute approximate surface area is 120 Å². The van der Waals surface area contributed by atoms with Gasteiger partial charge in [-0.3, -0.25) is 15.1 Å². The summed E-state index contributed by atoms with van der Waals surface area (Å²) in [6.45, 7) is 1.91. The number of nitrogens with one attached hydrogen (secondary N) is 1. The lowest BCUT2D eigenvalue weighted by Gasteiger charge is -2.06. The van der Waals surface area contributed by atoms with Crippen LogP contribution >= 0.6 is 0 Å². The standard InChI is InChI=1S/C15H12N4O2/c1-10-5-6-11(9-16-10)17-15-8-7-12-13(18-15)3-2-4-14(12)19(20)21/h2-9H,1H3,(H,17,18). The van der Waals surface area contributed by atoms with Gasteiger partial charge < -0.3 is 5.32 Å².